The van der Waals surface area contributed by atoms with E-state index in [0.717, 1.165) is 18.8 Å². The van der Waals surface area contributed by atoms with Gasteiger partial charge in [-0.25, -0.2) is 4.39 Å². The summed E-state index contributed by atoms with van der Waals surface area (Å²) in [5.41, 5.74) is 1.08. The van der Waals surface area contributed by atoms with Gasteiger partial charge in [-0.2, -0.15) is 5.26 Å². The summed E-state index contributed by atoms with van der Waals surface area (Å²) in [6.07, 6.45) is 0. The zero-order chi connectivity index (χ0) is 12.4. The third-order valence-corrected chi connectivity index (χ3v) is 2.68. The van der Waals surface area contributed by atoms with Crippen LogP contribution in [0.3, 0.4) is 0 Å². The first kappa shape index (κ1) is 11.7. The van der Waals surface area contributed by atoms with E-state index in [9.17, 15) is 4.39 Å². The zero-order valence-electron chi connectivity index (χ0n) is 10.0. The van der Waals surface area contributed by atoms with Crippen LogP contribution in [-0.2, 0) is 0 Å². The average Bonchev–Trinajstić information content (AvgIpc) is 2.27. The molecule has 0 amide bonds. The number of hydrogen-bond donors (Lipinski definition) is 0. The second-order valence-corrected chi connectivity index (χ2v) is 4.60. The number of hydrogen-bond acceptors (Lipinski definition) is 3. The van der Waals surface area contributed by atoms with E-state index in [0.29, 0.717) is 23.8 Å². The Labute approximate surface area is 100 Å². The molecule has 90 valence electrons. The summed E-state index contributed by atoms with van der Waals surface area (Å²) in [4.78, 5) is 2.10. The Hall–Kier alpha value is -1.76. The molecule has 0 saturated carbocycles. The van der Waals surface area contributed by atoms with E-state index in [1.807, 2.05) is 6.07 Å². The predicted molar refractivity (Wildman–Crippen MR) is 63.7 cm³/mol. The Kier molecular flexibility index (Phi) is 3.19. The minimum atomic E-state index is -0.424. The van der Waals surface area contributed by atoms with Crippen LogP contribution in [0.25, 0.3) is 0 Å². The predicted octanol–water partition coefficient (Wildman–Crippen LogP) is 2.55. The monoisotopic (exact) mass is 234 g/mol. The molecule has 0 aromatic heterocycles. The van der Waals surface area contributed by atoms with E-state index in [1.54, 1.807) is 0 Å². The summed E-state index contributed by atoms with van der Waals surface area (Å²) < 4.78 is 18.7. The first-order valence-electron chi connectivity index (χ1n) is 5.73. The van der Waals surface area contributed by atoms with Crippen LogP contribution in [0.2, 0.25) is 0 Å². The van der Waals surface area contributed by atoms with E-state index < -0.39 is 5.82 Å². The number of nitriles is 1. The number of halogens is 1. The summed E-state index contributed by atoms with van der Waals surface area (Å²) in [5, 5.41) is 9.07. The number of nitrogens with zero attached hydrogens (tertiary/aromatic N) is 2. The third kappa shape index (κ3) is 2.33. The van der Waals surface area contributed by atoms with Crippen LogP contribution in [-0.4, -0.2) is 19.7 Å². The van der Waals surface area contributed by atoms with Gasteiger partial charge in [0.25, 0.3) is 0 Å². The standard InChI is InChI=1S/C13H15FN2O/c1-9(2)8-16-3-4-17-12-6-11(14)5-10(7-15)13(12)16/h5-6,9H,3-4,8H2,1-2H3. The molecule has 0 spiro atoms. The largest absolute Gasteiger partial charge is 0.489 e. The molecule has 4 heteroatoms. The molecule has 1 aliphatic heterocycles. The second kappa shape index (κ2) is 4.62. The van der Waals surface area contributed by atoms with Gasteiger partial charge >= 0.3 is 0 Å². The average molecular weight is 234 g/mol. The fraction of sp³-hybridized carbons (Fsp3) is 0.462. The molecular formula is C13H15FN2O. The highest BCUT2D eigenvalue weighted by atomic mass is 19.1. The molecule has 1 heterocycles. The van der Waals surface area contributed by atoms with Gasteiger partial charge in [-0.1, -0.05) is 13.8 Å². The smallest absolute Gasteiger partial charge is 0.146 e. The Morgan fingerprint density at radius 1 is 1.53 bits per heavy atom. The van der Waals surface area contributed by atoms with Crippen molar-refractivity contribution < 1.29 is 9.13 Å². The van der Waals surface area contributed by atoms with Crippen molar-refractivity contribution in [1.29, 1.82) is 5.26 Å². The molecule has 1 aromatic rings. The zero-order valence-corrected chi connectivity index (χ0v) is 10.0. The van der Waals surface area contributed by atoms with Crippen molar-refractivity contribution >= 4 is 5.69 Å². The summed E-state index contributed by atoms with van der Waals surface area (Å²) in [7, 11) is 0. The molecule has 0 N–H and O–H groups in total. The maximum atomic E-state index is 13.3. The fourth-order valence-corrected chi connectivity index (χ4v) is 2.10. The van der Waals surface area contributed by atoms with Crippen molar-refractivity contribution in [2.24, 2.45) is 5.92 Å². The maximum Gasteiger partial charge on any atom is 0.146 e. The Bertz CT molecular complexity index is 465. The summed E-state index contributed by atoms with van der Waals surface area (Å²) in [6, 6.07) is 4.65. The van der Waals surface area contributed by atoms with Gasteiger partial charge in [0.15, 0.2) is 0 Å². The van der Waals surface area contributed by atoms with Crippen molar-refractivity contribution in [1.82, 2.24) is 0 Å². The first-order valence-corrected chi connectivity index (χ1v) is 5.73. The molecular weight excluding hydrogens is 219 g/mol. The van der Waals surface area contributed by atoms with E-state index in [2.05, 4.69) is 18.7 Å². The third-order valence-electron chi connectivity index (χ3n) is 2.68. The van der Waals surface area contributed by atoms with Crippen LogP contribution in [0.15, 0.2) is 12.1 Å². The van der Waals surface area contributed by atoms with Crippen molar-refractivity contribution in [3.8, 4) is 11.8 Å². The lowest BCUT2D eigenvalue weighted by molar-refractivity contribution is 0.303. The molecule has 0 atom stereocenters. The van der Waals surface area contributed by atoms with E-state index >= 15 is 0 Å². The molecule has 2 rings (SSSR count). The van der Waals surface area contributed by atoms with Gasteiger partial charge in [0.1, 0.15) is 24.2 Å². The highest BCUT2D eigenvalue weighted by molar-refractivity contribution is 5.69. The normalized spacial score (nSPS) is 14.2. The van der Waals surface area contributed by atoms with Gasteiger partial charge in [0, 0.05) is 12.6 Å². The molecule has 3 nitrogen and oxygen atoms in total. The van der Waals surface area contributed by atoms with Gasteiger partial charge in [0.2, 0.25) is 0 Å². The number of fused-ring (bicyclic) bond motifs is 1. The Balaban J connectivity index is 2.45. The minimum Gasteiger partial charge on any atom is -0.489 e. The van der Waals surface area contributed by atoms with Gasteiger partial charge in [0.05, 0.1) is 17.8 Å². The first-order chi connectivity index (χ1) is 8.11. The number of rotatable bonds is 2. The van der Waals surface area contributed by atoms with Crippen molar-refractivity contribution in [3.05, 3.63) is 23.5 Å². The molecule has 1 aromatic carbocycles. The molecule has 17 heavy (non-hydrogen) atoms. The van der Waals surface area contributed by atoms with Crippen LogP contribution < -0.4 is 9.64 Å². The van der Waals surface area contributed by atoms with Crippen LogP contribution in [0, 0.1) is 23.1 Å². The quantitative estimate of drug-likeness (QED) is 0.789. The fourth-order valence-electron chi connectivity index (χ4n) is 2.10. The van der Waals surface area contributed by atoms with Crippen LogP contribution in [0.1, 0.15) is 19.4 Å². The molecule has 0 saturated heterocycles. The van der Waals surface area contributed by atoms with Crippen molar-refractivity contribution in [3.63, 3.8) is 0 Å². The second-order valence-electron chi connectivity index (χ2n) is 4.60. The highest BCUT2D eigenvalue weighted by Crippen LogP contribution is 2.36. The van der Waals surface area contributed by atoms with Crippen molar-refractivity contribution in [2.75, 3.05) is 24.6 Å². The van der Waals surface area contributed by atoms with Crippen molar-refractivity contribution in [2.45, 2.75) is 13.8 Å². The minimum absolute atomic E-state index is 0.348. The van der Waals surface area contributed by atoms with E-state index in [4.69, 9.17) is 10.00 Å². The molecule has 0 radical (unpaired) electrons. The van der Waals surface area contributed by atoms with Gasteiger partial charge in [-0.3, -0.25) is 0 Å². The molecule has 0 fully saturated rings. The van der Waals surface area contributed by atoms with Crippen LogP contribution in [0.4, 0.5) is 10.1 Å². The SMILES string of the molecule is CC(C)CN1CCOc2cc(F)cc(C#N)c21. The van der Waals surface area contributed by atoms with Crippen LogP contribution >= 0.6 is 0 Å². The van der Waals surface area contributed by atoms with Gasteiger partial charge < -0.3 is 9.64 Å². The lowest BCUT2D eigenvalue weighted by Crippen LogP contribution is -2.36. The van der Waals surface area contributed by atoms with Gasteiger partial charge in [-0.05, 0) is 12.0 Å². The van der Waals surface area contributed by atoms with E-state index in [-0.39, 0.29) is 0 Å². The number of ether oxygens (including phenoxy) is 1. The van der Waals surface area contributed by atoms with E-state index in [1.165, 1.54) is 12.1 Å². The lowest BCUT2D eigenvalue weighted by Gasteiger charge is -2.33. The Morgan fingerprint density at radius 3 is 2.94 bits per heavy atom. The number of benzene rings is 1. The topological polar surface area (TPSA) is 36.3 Å². The highest BCUT2D eigenvalue weighted by Gasteiger charge is 2.23. The summed E-state index contributed by atoms with van der Waals surface area (Å²) in [5.74, 6) is 0.540. The summed E-state index contributed by atoms with van der Waals surface area (Å²) >= 11 is 0. The maximum absolute atomic E-state index is 13.3. The lowest BCUT2D eigenvalue weighted by atomic mass is 10.1. The van der Waals surface area contributed by atoms with Gasteiger partial charge in [-0.15, -0.1) is 0 Å². The molecule has 0 unspecified atom stereocenters. The summed E-state index contributed by atoms with van der Waals surface area (Å²) in [6.45, 7) is 6.35. The molecule has 0 aliphatic carbocycles. The molecule has 0 bridgehead atoms. The van der Waals surface area contributed by atoms with Crippen LogP contribution in [0.5, 0.6) is 5.75 Å². The Morgan fingerprint density at radius 2 is 2.29 bits per heavy atom. The number of anilines is 1. The molecule has 1 aliphatic rings.